The maximum absolute atomic E-state index is 12.9. The van der Waals surface area contributed by atoms with E-state index < -0.39 is 0 Å². The molecule has 1 aromatic carbocycles. The van der Waals surface area contributed by atoms with Gasteiger partial charge in [-0.15, -0.1) is 0 Å². The van der Waals surface area contributed by atoms with Crippen molar-refractivity contribution >= 4 is 5.82 Å². The first-order valence-electron chi connectivity index (χ1n) is 9.73. The first-order valence-corrected chi connectivity index (χ1v) is 9.73. The van der Waals surface area contributed by atoms with Crippen molar-refractivity contribution in [1.82, 2.24) is 9.97 Å². The summed E-state index contributed by atoms with van der Waals surface area (Å²) in [6.45, 7) is 4.19. The van der Waals surface area contributed by atoms with Gasteiger partial charge in [0.1, 0.15) is 42.4 Å². The monoisotopic (exact) mass is 404 g/mol. The number of ether oxygens (including phenoxy) is 2. The van der Waals surface area contributed by atoms with E-state index in [0.29, 0.717) is 36.8 Å². The lowest BCUT2D eigenvalue weighted by Gasteiger charge is -2.30. The summed E-state index contributed by atoms with van der Waals surface area (Å²) in [7, 11) is 0. The Balaban J connectivity index is 1.37. The van der Waals surface area contributed by atoms with Gasteiger partial charge in [0.2, 0.25) is 0 Å². The minimum Gasteiger partial charge on any atom is -0.490 e. The molecule has 0 spiro atoms. The zero-order chi connectivity index (χ0) is 20.9. The highest BCUT2D eigenvalue weighted by molar-refractivity contribution is 5.51. The van der Waals surface area contributed by atoms with Crippen molar-refractivity contribution < 1.29 is 13.9 Å². The Bertz CT molecular complexity index is 1080. The quantitative estimate of drug-likeness (QED) is 0.582. The highest BCUT2D eigenvalue weighted by atomic mass is 19.1. The number of rotatable bonds is 6. The standard InChI is InChI=1S/C23H21FN4O2/c1-16-10-17(12-25)13-27-23(16)28-7-6-22-18(15-28)11-21(14-26-22)30-9-8-29-20-4-2-19(24)3-5-20/h2-5,10-11,13-14H,6-9,15H2,1H3. The molecule has 4 rings (SSSR count). The molecule has 0 saturated heterocycles. The van der Waals surface area contributed by atoms with Crippen LogP contribution in [0.1, 0.15) is 22.4 Å². The van der Waals surface area contributed by atoms with E-state index in [1.807, 2.05) is 19.1 Å². The summed E-state index contributed by atoms with van der Waals surface area (Å²) in [5.41, 5.74) is 3.71. The number of nitriles is 1. The summed E-state index contributed by atoms with van der Waals surface area (Å²) < 4.78 is 24.3. The smallest absolute Gasteiger partial charge is 0.138 e. The molecule has 1 aliphatic heterocycles. The highest BCUT2D eigenvalue weighted by Gasteiger charge is 2.20. The molecule has 0 amide bonds. The second-order valence-electron chi connectivity index (χ2n) is 7.08. The Morgan fingerprint density at radius 2 is 1.83 bits per heavy atom. The van der Waals surface area contributed by atoms with E-state index in [-0.39, 0.29) is 5.82 Å². The minimum absolute atomic E-state index is 0.292. The summed E-state index contributed by atoms with van der Waals surface area (Å²) in [5, 5.41) is 9.04. The Morgan fingerprint density at radius 3 is 2.57 bits per heavy atom. The van der Waals surface area contributed by atoms with Crippen molar-refractivity contribution in [3.8, 4) is 17.6 Å². The van der Waals surface area contributed by atoms with Gasteiger partial charge in [-0.3, -0.25) is 4.98 Å². The average molecular weight is 404 g/mol. The summed E-state index contributed by atoms with van der Waals surface area (Å²) >= 11 is 0. The number of aryl methyl sites for hydroxylation is 1. The molecule has 6 nitrogen and oxygen atoms in total. The van der Waals surface area contributed by atoms with Crippen molar-refractivity contribution in [2.45, 2.75) is 19.9 Å². The normalized spacial score (nSPS) is 12.8. The molecule has 30 heavy (non-hydrogen) atoms. The minimum atomic E-state index is -0.292. The van der Waals surface area contributed by atoms with Gasteiger partial charge in [-0.25, -0.2) is 9.37 Å². The van der Waals surface area contributed by atoms with Gasteiger partial charge in [-0.2, -0.15) is 5.26 Å². The fourth-order valence-electron chi connectivity index (χ4n) is 3.47. The fraction of sp³-hybridized carbons (Fsp3) is 0.261. The number of benzene rings is 1. The second-order valence-corrected chi connectivity index (χ2v) is 7.08. The van der Waals surface area contributed by atoms with Crippen LogP contribution in [0.15, 0.2) is 48.8 Å². The van der Waals surface area contributed by atoms with Gasteiger partial charge in [0.25, 0.3) is 0 Å². The number of aromatic nitrogens is 2. The van der Waals surface area contributed by atoms with Crippen LogP contribution in [-0.2, 0) is 13.0 Å². The second kappa shape index (κ2) is 8.78. The number of halogens is 1. The lowest BCUT2D eigenvalue weighted by Crippen LogP contribution is -2.32. The van der Waals surface area contributed by atoms with Crippen LogP contribution in [0.3, 0.4) is 0 Å². The predicted molar refractivity (Wildman–Crippen MR) is 110 cm³/mol. The van der Waals surface area contributed by atoms with Crippen LogP contribution in [0.25, 0.3) is 0 Å². The molecule has 0 radical (unpaired) electrons. The Labute approximate surface area is 174 Å². The Morgan fingerprint density at radius 1 is 1.07 bits per heavy atom. The van der Waals surface area contributed by atoms with Gasteiger partial charge in [0.15, 0.2) is 0 Å². The van der Waals surface area contributed by atoms with Gasteiger partial charge in [0.05, 0.1) is 11.8 Å². The number of anilines is 1. The summed E-state index contributed by atoms with van der Waals surface area (Å²) in [6.07, 6.45) is 4.17. The van der Waals surface area contributed by atoms with Crippen LogP contribution < -0.4 is 14.4 Å². The zero-order valence-electron chi connectivity index (χ0n) is 16.6. The zero-order valence-corrected chi connectivity index (χ0v) is 16.6. The fourth-order valence-corrected chi connectivity index (χ4v) is 3.47. The maximum atomic E-state index is 12.9. The highest BCUT2D eigenvalue weighted by Crippen LogP contribution is 2.27. The van der Waals surface area contributed by atoms with Crippen LogP contribution >= 0.6 is 0 Å². The lowest BCUT2D eigenvalue weighted by atomic mass is 10.0. The molecule has 0 aliphatic carbocycles. The Kier molecular flexibility index (Phi) is 5.75. The number of fused-ring (bicyclic) bond motifs is 1. The molecule has 7 heteroatoms. The first kappa shape index (κ1) is 19.6. The predicted octanol–water partition coefficient (Wildman–Crippen LogP) is 3.82. The number of pyridine rings is 2. The summed E-state index contributed by atoms with van der Waals surface area (Å²) in [4.78, 5) is 11.2. The molecule has 0 bridgehead atoms. The van der Waals surface area contributed by atoms with Gasteiger partial charge in [0, 0.05) is 31.4 Å². The molecule has 2 aromatic heterocycles. The van der Waals surface area contributed by atoms with Gasteiger partial charge >= 0.3 is 0 Å². The number of hydrogen-bond donors (Lipinski definition) is 0. The van der Waals surface area contributed by atoms with E-state index in [1.165, 1.54) is 12.1 Å². The van der Waals surface area contributed by atoms with Crippen molar-refractivity contribution in [1.29, 1.82) is 5.26 Å². The van der Waals surface area contributed by atoms with Crippen molar-refractivity contribution in [2.75, 3.05) is 24.7 Å². The van der Waals surface area contributed by atoms with Crippen LogP contribution in [0, 0.1) is 24.1 Å². The third-order valence-corrected chi connectivity index (χ3v) is 4.93. The number of hydrogen-bond acceptors (Lipinski definition) is 6. The van der Waals surface area contributed by atoms with E-state index >= 15 is 0 Å². The molecule has 0 fully saturated rings. The first-order chi connectivity index (χ1) is 14.6. The SMILES string of the molecule is Cc1cc(C#N)cnc1N1CCc2ncc(OCCOc3ccc(F)cc3)cc2C1. The van der Waals surface area contributed by atoms with E-state index in [2.05, 4.69) is 20.9 Å². The molecule has 0 saturated carbocycles. The average Bonchev–Trinajstić information content (AvgIpc) is 2.77. The summed E-state index contributed by atoms with van der Waals surface area (Å²) in [6, 6.07) is 11.9. The molecule has 3 aromatic rings. The summed E-state index contributed by atoms with van der Waals surface area (Å²) in [5.74, 6) is 1.88. The van der Waals surface area contributed by atoms with Crippen molar-refractivity contribution in [3.63, 3.8) is 0 Å². The van der Waals surface area contributed by atoms with Crippen LogP contribution in [0.4, 0.5) is 10.2 Å². The topological polar surface area (TPSA) is 71.3 Å². The van der Waals surface area contributed by atoms with Gasteiger partial charge in [-0.05, 0) is 54.4 Å². The van der Waals surface area contributed by atoms with Crippen LogP contribution in [0.5, 0.6) is 11.5 Å². The lowest BCUT2D eigenvalue weighted by molar-refractivity contribution is 0.216. The molecule has 3 heterocycles. The van der Waals surface area contributed by atoms with Crippen molar-refractivity contribution in [3.05, 3.63) is 77.0 Å². The molecule has 1 aliphatic rings. The molecule has 152 valence electrons. The molecule has 0 N–H and O–H groups in total. The molecule has 0 unspecified atom stereocenters. The van der Waals surface area contributed by atoms with E-state index in [1.54, 1.807) is 24.5 Å². The van der Waals surface area contributed by atoms with E-state index in [0.717, 1.165) is 35.6 Å². The largest absolute Gasteiger partial charge is 0.490 e. The van der Waals surface area contributed by atoms with Crippen LogP contribution in [-0.4, -0.2) is 29.7 Å². The molecule has 0 atom stereocenters. The van der Waals surface area contributed by atoms with E-state index in [4.69, 9.17) is 14.7 Å². The maximum Gasteiger partial charge on any atom is 0.138 e. The number of nitrogens with zero attached hydrogens (tertiary/aromatic N) is 4. The Hall–Kier alpha value is -3.66. The van der Waals surface area contributed by atoms with Gasteiger partial charge < -0.3 is 14.4 Å². The molecular formula is C23H21FN4O2. The third-order valence-electron chi connectivity index (χ3n) is 4.93. The molecular weight excluding hydrogens is 383 g/mol. The van der Waals surface area contributed by atoms with Crippen LogP contribution in [0.2, 0.25) is 0 Å². The van der Waals surface area contributed by atoms with E-state index in [9.17, 15) is 4.39 Å². The third kappa shape index (κ3) is 4.49. The van der Waals surface area contributed by atoms with Crippen molar-refractivity contribution in [2.24, 2.45) is 0 Å². The van der Waals surface area contributed by atoms with Gasteiger partial charge in [-0.1, -0.05) is 0 Å².